The Hall–Kier alpha value is -0.770. The van der Waals surface area contributed by atoms with Gasteiger partial charge in [-0.2, -0.15) is 0 Å². The summed E-state index contributed by atoms with van der Waals surface area (Å²) < 4.78 is 0. The van der Waals surface area contributed by atoms with Gasteiger partial charge in [-0.15, -0.1) is 0 Å². The summed E-state index contributed by atoms with van der Waals surface area (Å²) in [5, 5.41) is 2.80. The van der Waals surface area contributed by atoms with Crippen LogP contribution in [-0.4, -0.2) is 18.1 Å². The third kappa shape index (κ3) is 2.61. The lowest BCUT2D eigenvalue weighted by molar-refractivity contribution is 0.187. The SMILES string of the molecule is CCC1CCC(CN)(NC(N)=O)CC1. The van der Waals surface area contributed by atoms with Crippen LogP contribution < -0.4 is 16.8 Å². The standard InChI is InChI=1S/C10H21N3O/c1-2-8-3-5-10(7-11,6-4-8)13-9(12)14/h8H,2-7,11H2,1H3,(H3,12,13,14). The van der Waals surface area contributed by atoms with Crippen molar-refractivity contribution in [2.24, 2.45) is 17.4 Å². The van der Waals surface area contributed by atoms with Gasteiger partial charge in [0.15, 0.2) is 0 Å². The quantitative estimate of drug-likeness (QED) is 0.632. The monoisotopic (exact) mass is 199 g/mol. The number of urea groups is 1. The summed E-state index contributed by atoms with van der Waals surface area (Å²) in [5.41, 5.74) is 10.6. The Kier molecular flexibility index (Phi) is 3.75. The molecule has 1 aliphatic rings. The minimum absolute atomic E-state index is 0.225. The van der Waals surface area contributed by atoms with E-state index in [4.69, 9.17) is 11.5 Å². The molecule has 0 bridgehead atoms. The van der Waals surface area contributed by atoms with Crippen LogP contribution in [-0.2, 0) is 0 Å². The van der Waals surface area contributed by atoms with Crippen LogP contribution >= 0.6 is 0 Å². The minimum Gasteiger partial charge on any atom is -0.352 e. The molecule has 1 fully saturated rings. The average molecular weight is 199 g/mol. The number of nitrogens with two attached hydrogens (primary N) is 2. The van der Waals surface area contributed by atoms with Crippen LogP contribution in [0.15, 0.2) is 0 Å². The Bertz CT molecular complexity index is 198. The number of amides is 2. The topological polar surface area (TPSA) is 81.1 Å². The molecule has 4 heteroatoms. The van der Waals surface area contributed by atoms with E-state index in [1.165, 1.54) is 6.42 Å². The predicted octanol–water partition coefficient (Wildman–Crippen LogP) is 0.952. The molecule has 0 spiro atoms. The number of nitrogens with one attached hydrogen (secondary N) is 1. The molecule has 0 aliphatic heterocycles. The summed E-state index contributed by atoms with van der Waals surface area (Å²) >= 11 is 0. The van der Waals surface area contributed by atoms with Crippen LogP contribution in [0.25, 0.3) is 0 Å². The smallest absolute Gasteiger partial charge is 0.312 e. The highest BCUT2D eigenvalue weighted by Gasteiger charge is 2.34. The summed E-state index contributed by atoms with van der Waals surface area (Å²) in [5.74, 6) is 0.796. The van der Waals surface area contributed by atoms with Gasteiger partial charge in [-0.3, -0.25) is 0 Å². The van der Waals surface area contributed by atoms with Gasteiger partial charge < -0.3 is 16.8 Å². The van der Waals surface area contributed by atoms with Gasteiger partial charge in [0.05, 0.1) is 5.54 Å². The lowest BCUT2D eigenvalue weighted by Gasteiger charge is -2.39. The molecule has 4 nitrogen and oxygen atoms in total. The van der Waals surface area contributed by atoms with E-state index < -0.39 is 6.03 Å². The summed E-state index contributed by atoms with van der Waals surface area (Å²) in [6, 6.07) is -0.453. The van der Waals surface area contributed by atoms with Gasteiger partial charge >= 0.3 is 6.03 Å². The Morgan fingerprint density at radius 2 is 2.07 bits per heavy atom. The Morgan fingerprint density at radius 1 is 1.50 bits per heavy atom. The lowest BCUT2D eigenvalue weighted by atomic mass is 9.75. The molecule has 0 unspecified atom stereocenters. The molecule has 5 N–H and O–H groups in total. The van der Waals surface area contributed by atoms with Crippen LogP contribution in [0.4, 0.5) is 4.79 Å². The second-order valence-electron chi connectivity index (χ2n) is 4.33. The Balaban J connectivity index is 2.52. The lowest BCUT2D eigenvalue weighted by Crippen LogP contribution is -2.57. The first kappa shape index (κ1) is 11.3. The van der Waals surface area contributed by atoms with Crippen molar-refractivity contribution in [3.63, 3.8) is 0 Å². The number of primary amides is 1. The zero-order valence-corrected chi connectivity index (χ0v) is 8.88. The zero-order chi connectivity index (χ0) is 10.6. The second-order valence-corrected chi connectivity index (χ2v) is 4.33. The van der Waals surface area contributed by atoms with Crippen molar-refractivity contribution in [1.29, 1.82) is 0 Å². The van der Waals surface area contributed by atoms with E-state index in [9.17, 15) is 4.79 Å². The van der Waals surface area contributed by atoms with Gasteiger partial charge in [-0.1, -0.05) is 13.3 Å². The van der Waals surface area contributed by atoms with Gasteiger partial charge in [-0.25, -0.2) is 4.79 Å². The number of carbonyl (C=O) groups excluding carboxylic acids is 1. The van der Waals surface area contributed by atoms with E-state index in [0.717, 1.165) is 31.6 Å². The van der Waals surface area contributed by atoms with E-state index in [0.29, 0.717) is 6.54 Å². The molecule has 2 amide bonds. The molecular formula is C10H21N3O. The molecule has 0 aromatic rings. The number of carbonyl (C=O) groups is 1. The van der Waals surface area contributed by atoms with E-state index in [1.807, 2.05) is 0 Å². The van der Waals surface area contributed by atoms with Gasteiger partial charge in [0.2, 0.25) is 0 Å². The minimum atomic E-state index is -0.453. The molecule has 0 radical (unpaired) electrons. The van der Waals surface area contributed by atoms with Crippen LogP contribution in [0, 0.1) is 5.92 Å². The van der Waals surface area contributed by atoms with Crippen LogP contribution in [0.1, 0.15) is 39.0 Å². The molecular weight excluding hydrogens is 178 g/mol. The maximum atomic E-state index is 10.8. The fourth-order valence-electron chi connectivity index (χ4n) is 2.28. The maximum absolute atomic E-state index is 10.8. The number of hydrogen-bond acceptors (Lipinski definition) is 2. The zero-order valence-electron chi connectivity index (χ0n) is 8.88. The van der Waals surface area contributed by atoms with Crippen molar-refractivity contribution in [1.82, 2.24) is 5.32 Å². The van der Waals surface area contributed by atoms with Crippen molar-refractivity contribution in [3.05, 3.63) is 0 Å². The Morgan fingerprint density at radius 3 is 2.43 bits per heavy atom. The van der Waals surface area contributed by atoms with Crippen molar-refractivity contribution in [2.45, 2.75) is 44.6 Å². The van der Waals surface area contributed by atoms with E-state index in [-0.39, 0.29) is 5.54 Å². The molecule has 0 atom stereocenters. The largest absolute Gasteiger partial charge is 0.352 e. The van der Waals surface area contributed by atoms with Gasteiger partial charge in [0.25, 0.3) is 0 Å². The average Bonchev–Trinajstić information content (AvgIpc) is 2.18. The molecule has 0 heterocycles. The molecule has 1 saturated carbocycles. The van der Waals surface area contributed by atoms with Gasteiger partial charge in [0, 0.05) is 6.54 Å². The summed E-state index contributed by atoms with van der Waals surface area (Å²) in [6.45, 7) is 2.70. The number of rotatable bonds is 3. The first-order valence-electron chi connectivity index (χ1n) is 5.39. The second kappa shape index (κ2) is 4.64. The Labute approximate surface area is 85.4 Å². The maximum Gasteiger partial charge on any atom is 0.312 e. The normalized spacial score (nSPS) is 32.6. The summed E-state index contributed by atoms with van der Waals surface area (Å²) in [6.07, 6.45) is 5.44. The van der Waals surface area contributed by atoms with Crippen molar-refractivity contribution >= 4 is 6.03 Å². The summed E-state index contributed by atoms with van der Waals surface area (Å²) in [4.78, 5) is 10.8. The van der Waals surface area contributed by atoms with Gasteiger partial charge in [-0.05, 0) is 31.6 Å². The molecule has 14 heavy (non-hydrogen) atoms. The highest BCUT2D eigenvalue weighted by atomic mass is 16.2. The van der Waals surface area contributed by atoms with E-state index in [2.05, 4.69) is 12.2 Å². The van der Waals surface area contributed by atoms with Crippen LogP contribution in [0.2, 0.25) is 0 Å². The number of hydrogen-bond donors (Lipinski definition) is 3. The fourth-order valence-corrected chi connectivity index (χ4v) is 2.28. The van der Waals surface area contributed by atoms with Crippen molar-refractivity contribution in [2.75, 3.05) is 6.54 Å². The molecule has 0 saturated heterocycles. The van der Waals surface area contributed by atoms with Gasteiger partial charge in [0.1, 0.15) is 0 Å². The molecule has 1 rings (SSSR count). The van der Waals surface area contributed by atoms with Crippen molar-refractivity contribution in [3.8, 4) is 0 Å². The highest BCUT2D eigenvalue weighted by Crippen LogP contribution is 2.32. The fraction of sp³-hybridized carbons (Fsp3) is 0.900. The first-order valence-corrected chi connectivity index (χ1v) is 5.39. The van der Waals surface area contributed by atoms with E-state index >= 15 is 0 Å². The van der Waals surface area contributed by atoms with Crippen LogP contribution in [0.5, 0.6) is 0 Å². The highest BCUT2D eigenvalue weighted by molar-refractivity contribution is 5.72. The van der Waals surface area contributed by atoms with Crippen LogP contribution in [0.3, 0.4) is 0 Å². The first-order chi connectivity index (χ1) is 6.62. The summed E-state index contributed by atoms with van der Waals surface area (Å²) in [7, 11) is 0. The van der Waals surface area contributed by atoms with Crippen molar-refractivity contribution < 1.29 is 4.79 Å². The molecule has 82 valence electrons. The third-order valence-corrected chi connectivity index (χ3v) is 3.42. The third-order valence-electron chi connectivity index (χ3n) is 3.42. The molecule has 0 aromatic heterocycles. The van der Waals surface area contributed by atoms with E-state index in [1.54, 1.807) is 0 Å². The molecule has 0 aromatic carbocycles. The predicted molar refractivity (Wildman–Crippen MR) is 56.8 cm³/mol. The molecule has 1 aliphatic carbocycles.